The van der Waals surface area contributed by atoms with E-state index in [1.54, 1.807) is 6.92 Å². The number of carbonyl (C=O) groups excluding carboxylic acids is 2. The highest BCUT2D eigenvalue weighted by Crippen LogP contribution is 1.99. The van der Waals surface area contributed by atoms with E-state index in [1.807, 2.05) is 42.5 Å². The molecule has 19 heavy (non-hydrogen) atoms. The van der Waals surface area contributed by atoms with Crippen LogP contribution in [0, 0.1) is 0 Å². The third-order valence-electron chi connectivity index (χ3n) is 2.16. The maximum absolute atomic E-state index is 11.3. The molecular formula is C15H17NO3. The second-order valence-electron chi connectivity index (χ2n) is 3.64. The van der Waals surface area contributed by atoms with Gasteiger partial charge >= 0.3 is 5.97 Å². The Morgan fingerprint density at radius 1 is 1.21 bits per heavy atom. The number of amides is 1. The number of ether oxygens (including phenoxy) is 1. The summed E-state index contributed by atoms with van der Waals surface area (Å²) in [5.74, 6) is -0.844. The Morgan fingerprint density at radius 2 is 1.95 bits per heavy atom. The van der Waals surface area contributed by atoms with Crippen LogP contribution in [0.4, 0.5) is 0 Å². The maximum atomic E-state index is 11.3. The highest BCUT2D eigenvalue weighted by molar-refractivity contribution is 5.94. The molecular weight excluding hydrogens is 242 g/mol. The number of esters is 1. The van der Waals surface area contributed by atoms with Crippen molar-refractivity contribution in [3.8, 4) is 0 Å². The van der Waals surface area contributed by atoms with E-state index in [0.29, 0.717) is 13.2 Å². The molecule has 0 unspecified atom stereocenters. The number of benzene rings is 1. The molecule has 0 atom stereocenters. The van der Waals surface area contributed by atoms with Crippen LogP contribution in [-0.2, 0) is 14.3 Å². The molecule has 0 aliphatic rings. The zero-order valence-corrected chi connectivity index (χ0v) is 10.8. The highest BCUT2D eigenvalue weighted by atomic mass is 16.5. The van der Waals surface area contributed by atoms with E-state index in [9.17, 15) is 9.59 Å². The van der Waals surface area contributed by atoms with Gasteiger partial charge in [-0.3, -0.25) is 4.79 Å². The molecule has 0 spiro atoms. The van der Waals surface area contributed by atoms with Crippen molar-refractivity contribution in [3.63, 3.8) is 0 Å². The molecule has 0 aliphatic carbocycles. The minimum absolute atomic E-state index is 0.296. The highest BCUT2D eigenvalue weighted by Gasteiger charge is 1.96. The lowest BCUT2D eigenvalue weighted by Gasteiger charge is -1.97. The van der Waals surface area contributed by atoms with Crippen molar-refractivity contribution < 1.29 is 14.3 Å². The molecule has 1 aromatic rings. The number of hydrogen-bond acceptors (Lipinski definition) is 3. The summed E-state index contributed by atoms with van der Waals surface area (Å²) in [4.78, 5) is 22.3. The van der Waals surface area contributed by atoms with Crippen molar-refractivity contribution in [2.45, 2.75) is 6.92 Å². The fourth-order valence-corrected chi connectivity index (χ4v) is 1.31. The van der Waals surface area contributed by atoms with Gasteiger partial charge in [0.25, 0.3) is 0 Å². The Morgan fingerprint density at radius 3 is 2.63 bits per heavy atom. The molecule has 0 heterocycles. The van der Waals surface area contributed by atoms with Crippen LogP contribution >= 0.6 is 0 Å². The van der Waals surface area contributed by atoms with Crippen molar-refractivity contribution >= 4 is 18.0 Å². The Balaban J connectivity index is 2.27. The summed E-state index contributed by atoms with van der Waals surface area (Å²) < 4.78 is 4.66. The second-order valence-corrected chi connectivity index (χ2v) is 3.64. The van der Waals surface area contributed by atoms with Gasteiger partial charge in [0.2, 0.25) is 5.91 Å². The van der Waals surface area contributed by atoms with Gasteiger partial charge in [0, 0.05) is 18.7 Å². The summed E-state index contributed by atoms with van der Waals surface area (Å²) in [6.45, 7) is 2.41. The monoisotopic (exact) mass is 259 g/mol. The Labute approximate surface area is 112 Å². The van der Waals surface area contributed by atoms with Crippen LogP contribution in [0.25, 0.3) is 6.08 Å². The van der Waals surface area contributed by atoms with Gasteiger partial charge in [-0.05, 0) is 12.5 Å². The normalized spacial score (nSPS) is 10.8. The van der Waals surface area contributed by atoms with Crippen LogP contribution in [0.15, 0.2) is 48.6 Å². The molecule has 100 valence electrons. The van der Waals surface area contributed by atoms with Crippen LogP contribution in [0.1, 0.15) is 12.5 Å². The van der Waals surface area contributed by atoms with Crippen LogP contribution in [0.2, 0.25) is 0 Å². The third-order valence-corrected chi connectivity index (χ3v) is 2.16. The summed E-state index contributed by atoms with van der Waals surface area (Å²) in [5.41, 5.74) is 1.07. The topological polar surface area (TPSA) is 55.4 Å². The fourth-order valence-electron chi connectivity index (χ4n) is 1.31. The molecule has 0 fully saturated rings. The average molecular weight is 259 g/mol. The van der Waals surface area contributed by atoms with Crippen LogP contribution in [0.3, 0.4) is 0 Å². The smallest absolute Gasteiger partial charge is 0.330 e. The van der Waals surface area contributed by atoms with E-state index in [-0.39, 0.29) is 5.91 Å². The van der Waals surface area contributed by atoms with Crippen molar-refractivity contribution in [2.75, 3.05) is 13.2 Å². The van der Waals surface area contributed by atoms with Gasteiger partial charge in [-0.2, -0.15) is 0 Å². The first-order valence-electron chi connectivity index (χ1n) is 6.06. The van der Waals surface area contributed by atoms with E-state index in [4.69, 9.17) is 0 Å². The third kappa shape index (κ3) is 6.83. The van der Waals surface area contributed by atoms with Gasteiger partial charge in [-0.1, -0.05) is 42.5 Å². The van der Waals surface area contributed by atoms with E-state index in [0.717, 1.165) is 17.7 Å². The summed E-state index contributed by atoms with van der Waals surface area (Å²) in [6, 6.07) is 9.78. The summed E-state index contributed by atoms with van der Waals surface area (Å²) in [7, 11) is 0. The van der Waals surface area contributed by atoms with E-state index < -0.39 is 5.97 Å². The number of nitrogens with one attached hydrogen (secondary N) is 1. The SMILES string of the molecule is CCOC(=O)/C=C/C(=O)NC/C=C/c1ccccc1. The standard InChI is InChI=1S/C15H17NO3/c1-2-19-15(18)11-10-14(17)16-12-6-9-13-7-4-3-5-8-13/h3-11H,2,12H2,1H3,(H,16,17)/b9-6+,11-10+. The second kappa shape index (κ2) is 8.69. The molecule has 0 bridgehead atoms. The summed E-state index contributed by atoms with van der Waals surface area (Å²) >= 11 is 0. The molecule has 4 nitrogen and oxygen atoms in total. The van der Waals surface area contributed by atoms with Gasteiger partial charge in [-0.15, -0.1) is 0 Å². The molecule has 0 aliphatic heterocycles. The van der Waals surface area contributed by atoms with Gasteiger partial charge < -0.3 is 10.1 Å². The van der Waals surface area contributed by atoms with Gasteiger partial charge in [0.05, 0.1) is 6.61 Å². The first-order chi connectivity index (χ1) is 9.22. The predicted molar refractivity (Wildman–Crippen MR) is 74.3 cm³/mol. The number of hydrogen-bond donors (Lipinski definition) is 1. The Hall–Kier alpha value is -2.36. The van der Waals surface area contributed by atoms with Gasteiger partial charge in [0.15, 0.2) is 0 Å². The molecule has 0 radical (unpaired) electrons. The molecule has 0 saturated carbocycles. The Bertz CT molecular complexity index is 464. The molecule has 1 N–H and O–H groups in total. The lowest BCUT2D eigenvalue weighted by molar-refractivity contribution is -0.137. The fraction of sp³-hybridized carbons (Fsp3) is 0.200. The van der Waals surface area contributed by atoms with Crippen molar-refractivity contribution in [3.05, 3.63) is 54.1 Å². The van der Waals surface area contributed by atoms with Crippen LogP contribution in [-0.4, -0.2) is 25.0 Å². The molecule has 1 amide bonds. The molecule has 0 saturated heterocycles. The lowest BCUT2D eigenvalue weighted by Crippen LogP contribution is -2.21. The molecule has 4 heteroatoms. The lowest BCUT2D eigenvalue weighted by atomic mass is 10.2. The largest absolute Gasteiger partial charge is 0.463 e. The van der Waals surface area contributed by atoms with E-state index in [2.05, 4.69) is 10.1 Å². The predicted octanol–water partition coefficient (Wildman–Crippen LogP) is 1.94. The van der Waals surface area contributed by atoms with E-state index >= 15 is 0 Å². The van der Waals surface area contributed by atoms with Gasteiger partial charge in [0.1, 0.15) is 0 Å². The van der Waals surface area contributed by atoms with Crippen molar-refractivity contribution in [1.82, 2.24) is 5.32 Å². The molecule has 0 aromatic heterocycles. The van der Waals surface area contributed by atoms with Gasteiger partial charge in [-0.25, -0.2) is 4.79 Å². The van der Waals surface area contributed by atoms with E-state index in [1.165, 1.54) is 0 Å². The molecule has 1 aromatic carbocycles. The quantitative estimate of drug-likeness (QED) is 0.627. The minimum atomic E-state index is -0.516. The zero-order valence-electron chi connectivity index (χ0n) is 10.8. The van der Waals surface area contributed by atoms with Crippen LogP contribution in [0.5, 0.6) is 0 Å². The zero-order chi connectivity index (χ0) is 13.9. The van der Waals surface area contributed by atoms with Crippen LogP contribution < -0.4 is 5.32 Å². The molecule has 1 rings (SSSR count). The average Bonchev–Trinajstić information content (AvgIpc) is 2.43. The number of carbonyl (C=O) groups is 2. The Kier molecular flexibility index (Phi) is 6.72. The first kappa shape index (κ1) is 14.7. The maximum Gasteiger partial charge on any atom is 0.330 e. The van der Waals surface area contributed by atoms with Crippen molar-refractivity contribution in [1.29, 1.82) is 0 Å². The summed E-state index contributed by atoms with van der Waals surface area (Å²) in [6.07, 6.45) is 6.02. The van der Waals surface area contributed by atoms with Crippen molar-refractivity contribution in [2.24, 2.45) is 0 Å². The first-order valence-corrected chi connectivity index (χ1v) is 6.06. The summed E-state index contributed by atoms with van der Waals surface area (Å²) in [5, 5.41) is 2.63. The number of rotatable bonds is 6. The minimum Gasteiger partial charge on any atom is -0.463 e.